The zero-order valence-corrected chi connectivity index (χ0v) is 6.84. The molecule has 0 rings (SSSR count). The van der Waals surface area contributed by atoms with Gasteiger partial charge in [0.25, 0.3) is 0 Å². The first-order valence-electron chi connectivity index (χ1n) is 11.9. The highest BCUT2D eigenvalue weighted by Crippen LogP contribution is 2.11. The van der Waals surface area contributed by atoms with E-state index in [0.717, 1.165) is 0 Å². The van der Waals surface area contributed by atoms with Gasteiger partial charge in [0.15, 0.2) is 0 Å². The number of amides is 1. The van der Waals surface area contributed by atoms with Crippen molar-refractivity contribution in [3.8, 4) is 0 Å². The van der Waals surface area contributed by atoms with Crippen molar-refractivity contribution in [1.82, 2.24) is 0 Å². The summed E-state index contributed by atoms with van der Waals surface area (Å²) >= 11 is 0. The molecule has 0 fully saturated rings. The van der Waals surface area contributed by atoms with Gasteiger partial charge in [0.1, 0.15) is 0 Å². The van der Waals surface area contributed by atoms with Crippen LogP contribution in [0.1, 0.15) is 65.8 Å². The Morgan fingerprint density at radius 1 is 1.07 bits per heavy atom. The van der Waals surface area contributed by atoms with Crippen molar-refractivity contribution in [1.29, 1.82) is 0 Å². The van der Waals surface area contributed by atoms with Crippen molar-refractivity contribution in [2.24, 2.45) is 16.6 Å². The van der Waals surface area contributed by atoms with E-state index in [2.05, 4.69) is 0 Å². The molecule has 0 aromatic carbocycles. The van der Waals surface area contributed by atoms with Crippen LogP contribution in [0.25, 0.3) is 0 Å². The van der Waals surface area contributed by atoms with Gasteiger partial charge in [-0.2, -0.15) is 0 Å². The molecule has 3 N–H and O–H groups in total. The molecule has 0 bridgehead atoms. The smallest absolute Gasteiger partial charge is 0.308 e. The average Bonchev–Trinajstić information content (AvgIpc) is 2.25. The molecule has 0 aliphatic heterocycles. The maximum Gasteiger partial charge on any atom is 0.308 e. The summed E-state index contributed by atoms with van der Waals surface area (Å²) in [7, 11) is 0. The molecule has 0 saturated heterocycles. The molecule has 0 radical (unpaired) electrons. The number of carbonyl (C=O) groups is 2. The van der Waals surface area contributed by atoms with Gasteiger partial charge in [-0.3, -0.25) is 9.59 Å². The second kappa shape index (κ2) is 4.98. The van der Waals surface area contributed by atoms with Crippen LogP contribution in [-0.4, -0.2) is 17.0 Å². The van der Waals surface area contributed by atoms with Crippen molar-refractivity contribution >= 4 is 11.9 Å². The fraction of sp³-hybridized carbons (Fsp3) is 0.800. The Labute approximate surface area is 111 Å². The molecule has 4 heteroatoms. The maximum atomic E-state index is 11.1. The molecule has 0 saturated carbocycles. The van der Waals surface area contributed by atoms with Crippen molar-refractivity contribution in [2.45, 2.75) is 41.1 Å². The largest absolute Gasteiger partial charge is 0.481 e. The lowest BCUT2D eigenvalue weighted by Gasteiger charge is -2.10. The third-order valence-corrected chi connectivity index (χ3v) is 0.690. The van der Waals surface area contributed by atoms with Crippen molar-refractivity contribution in [3.05, 3.63) is 0 Å². The Morgan fingerprint density at radius 2 is 1.43 bits per heavy atom. The number of nitrogens with two attached hydrogens (primary N) is 1. The number of carboxylic acid groups (broad SMARTS) is 1. The number of hydrogen-bond donors (Lipinski definition) is 2. The Bertz CT molecular complexity index is 555. The van der Waals surface area contributed by atoms with Gasteiger partial charge in [-0.25, -0.2) is 0 Å². The Morgan fingerprint density at radius 3 is 1.43 bits per heavy atom. The van der Waals surface area contributed by atoms with E-state index in [4.69, 9.17) is 35.5 Å². The van der Waals surface area contributed by atoms with Gasteiger partial charge >= 0.3 is 5.97 Å². The number of rotatable bonds is 0. The van der Waals surface area contributed by atoms with Crippen LogP contribution >= 0.6 is 0 Å². The van der Waals surface area contributed by atoms with Crippen LogP contribution in [0.5, 0.6) is 0 Å². The van der Waals surface area contributed by atoms with Crippen LogP contribution in [0.3, 0.4) is 0 Å². The Kier molecular flexibility index (Phi) is 0.783. The summed E-state index contributed by atoms with van der Waals surface area (Å²) in [6.07, 6.45) is 0. The van der Waals surface area contributed by atoms with Crippen LogP contribution in [0.4, 0.5) is 0 Å². The molecule has 84 valence electrons. The van der Waals surface area contributed by atoms with Crippen LogP contribution < -0.4 is 5.73 Å². The van der Waals surface area contributed by atoms with Gasteiger partial charge in [-0.1, -0.05) is 20.6 Å². The third kappa shape index (κ3) is 9.03. The van der Waals surface area contributed by atoms with Gasteiger partial charge in [0.05, 0.1) is 5.41 Å². The summed E-state index contributed by atoms with van der Waals surface area (Å²) in [5.41, 5.74) is -2.61. The lowest BCUT2D eigenvalue weighted by molar-refractivity contribution is -0.145. The van der Waals surface area contributed by atoms with Gasteiger partial charge < -0.3 is 10.8 Å². The normalized spacial score (nSPS) is 35.7. The summed E-state index contributed by atoms with van der Waals surface area (Å²) in [5, 5.41) is 8.75. The number of aliphatic carboxylic acids is 1. The first-order chi connectivity index (χ1) is 13.4. The van der Waals surface area contributed by atoms with Crippen molar-refractivity contribution in [3.63, 3.8) is 0 Å². The van der Waals surface area contributed by atoms with E-state index in [1.165, 1.54) is 0 Å². The Hall–Kier alpha value is -1.06. The second-order valence-electron chi connectivity index (χ2n) is 2.17. The van der Waals surface area contributed by atoms with Crippen LogP contribution in [0, 0.1) is 10.8 Å². The maximum absolute atomic E-state index is 11.1. The highest BCUT2D eigenvalue weighted by Gasteiger charge is 2.18. The Balaban J connectivity index is 0. The van der Waals surface area contributed by atoms with Gasteiger partial charge in [0, 0.05) is 30.1 Å². The molecular formula is C10H21NO3. The fourth-order valence-electron chi connectivity index (χ4n) is 0. The predicted molar refractivity (Wildman–Crippen MR) is 55.7 cm³/mol. The molecule has 0 aromatic rings. The van der Waals surface area contributed by atoms with E-state index in [1.54, 1.807) is 0 Å². The minimum atomic E-state index is -3.77. The van der Waals surface area contributed by atoms with Crippen LogP contribution in [0.15, 0.2) is 0 Å². The SMILES string of the molecule is [2H]C([2H])([2H])C(C(=O)O)(C([2H])([2H])[2H])C([2H])([2H])[2H].[2H]C([2H])([2H])C(C(N)=O)(C([2H])([2H])[2H])C([2H])([2H])[2H]. The summed E-state index contributed by atoms with van der Waals surface area (Å²) in [6.45, 7) is -21.7. The van der Waals surface area contributed by atoms with Gasteiger partial charge in [-0.15, -0.1) is 0 Å². The molecule has 0 unspecified atom stereocenters. The topological polar surface area (TPSA) is 80.4 Å². The molecule has 0 heterocycles. The molecule has 4 nitrogen and oxygen atoms in total. The number of carbonyl (C=O) groups excluding carboxylic acids is 1. The molecule has 1 amide bonds. The molecule has 14 heavy (non-hydrogen) atoms. The molecule has 0 spiro atoms. The predicted octanol–water partition coefficient (Wildman–Crippen LogP) is 1.63. The quantitative estimate of drug-likeness (QED) is 0.652. The lowest BCUT2D eigenvalue weighted by Crippen LogP contribution is -2.27. The fourth-order valence-corrected chi connectivity index (χ4v) is 0. The highest BCUT2D eigenvalue weighted by atomic mass is 16.4. The highest BCUT2D eigenvalue weighted by molar-refractivity contribution is 5.79. The molecule has 0 atom stereocenters. The zero-order valence-electron chi connectivity index (χ0n) is 24.8. The van der Waals surface area contributed by atoms with E-state index in [0.29, 0.717) is 0 Å². The van der Waals surface area contributed by atoms with Crippen LogP contribution in [0.2, 0.25) is 0 Å². The first kappa shape index (κ1) is 2.20. The molecular weight excluding hydrogens is 182 g/mol. The summed E-state index contributed by atoms with van der Waals surface area (Å²) in [6, 6.07) is 0. The standard InChI is InChI=1S/C5H11NO.C5H10O2/c2*1-5(2,3)4(6)7/h1-3H3,(H2,6,7);1-3H3,(H,6,7)/i2*1D3,2D3,3D3. The summed E-state index contributed by atoms with van der Waals surface area (Å²) in [4.78, 5) is 22.0. The zero-order chi connectivity index (χ0) is 27.2. The minimum absolute atomic E-state index is 1.88. The third-order valence-electron chi connectivity index (χ3n) is 0.690. The van der Waals surface area contributed by atoms with Gasteiger partial charge in [-0.05, 0) is 20.6 Å². The van der Waals surface area contributed by atoms with E-state index in [-0.39, 0.29) is 0 Å². The average molecular weight is 221 g/mol. The van der Waals surface area contributed by atoms with Crippen molar-refractivity contribution < 1.29 is 39.4 Å². The monoisotopic (exact) mass is 221 g/mol. The van der Waals surface area contributed by atoms with E-state index in [1.807, 2.05) is 0 Å². The molecule has 0 aromatic heterocycles. The van der Waals surface area contributed by atoms with Crippen LogP contribution in [-0.2, 0) is 9.59 Å². The molecule has 0 aliphatic carbocycles. The molecule has 0 aliphatic rings. The number of carboxylic acids is 1. The lowest BCUT2D eigenvalue weighted by atomic mass is 9.96. The van der Waals surface area contributed by atoms with E-state index in [9.17, 15) is 9.59 Å². The van der Waals surface area contributed by atoms with E-state index >= 15 is 0 Å². The minimum Gasteiger partial charge on any atom is -0.481 e. The van der Waals surface area contributed by atoms with Crippen molar-refractivity contribution in [2.75, 3.05) is 0 Å². The summed E-state index contributed by atoms with van der Waals surface area (Å²) < 4.78 is 125. The van der Waals surface area contributed by atoms with Gasteiger partial charge in [0.2, 0.25) is 5.91 Å². The number of primary amides is 1. The second-order valence-corrected chi connectivity index (χ2v) is 2.17. The van der Waals surface area contributed by atoms with E-state index < -0.39 is 63.8 Å². The summed E-state index contributed by atoms with van der Waals surface area (Å²) in [5.74, 6) is -4.26. The first-order valence-corrected chi connectivity index (χ1v) is 2.92. The number of hydrogen-bond acceptors (Lipinski definition) is 2.